The second-order valence-corrected chi connectivity index (χ2v) is 5.68. The molecule has 0 spiro atoms. The predicted molar refractivity (Wildman–Crippen MR) is 75.5 cm³/mol. The van der Waals surface area contributed by atoms with Gasteiger partial charge in [0.15, 0.2) is 0 Å². The largest absolute Gasteiger partial charge is 0.307 e. The molecule has 1 saturated carbocycles. The summed E-state index contributed by atoms with van der Waals surface area (Å²) in [6.45, 7) is 3.25. The minimum Gasteiger partial charge on any atom is -0.307 e. The molecule has 0 aliphatic heterocycles. The number of likely N-dealkylation sites (N-methyl/N-ethyl adjacent to an activating group) is 1. The van der Waals surface area contributed by atoms with Crippen LogP contribution in [0.5, 0.6) is 0 Å². The highest BCUT2D eigenvalue weighted by molar-refractivity contribution is 5.08. The molecule has 1 aromatic rings. The average Bonchev–Trinajstić information content (AvgIpc) is 2.87. The summed E-state index contributed by atoms with van der Waals surface area (Å²) in [5.74, 6) is 0. The summed E-state index contributed by atoms with van der Waals surface area (Å²) in [6, 6.07) is 6.43. The SMILES string of the molecule is CC(NCC1(N(C)C)CCCC1)c1ccccn1. The Morgan fingerprint density at radius 2 is 2.06 bits per heavy atom. The Kier molecular flexibility index (Phi) is 4.36. The van der Waals surface area contributed by atoms with Gasteiger partial charge in [-0.3, -0.25) is 4.98 Å². The van der Waals surface area contributed by atoms with Crippen LogP contribution in [0.2, 0.25) is 0 Å². The predicted octanol–water partition coefficient (Wildman–Crippen LogP) is 2.61. The first kappa shape index (κ1) is 13.5. The second-order valence-electron chi connectivity index (χ2n) is 5.68. The summed E-state index contributed by atoms with van der Waals surface area (Å²) < 4.78 is 0. The van der Waals surface area contributed by atoms with Crippen molar-refractivity contribution in [3.05, 3.63) is 30.1 Å². The molecule has 1 aliphatic rings. The zero-order valence-electron chi connectivity index (χ0n) is 11.8. The van der Waals surface area contributed by atoms with Crippen LogP contribution >= 0.6 is 0 Å². The molecule has 1 aromatic heterocycles. The maximum Gasteiger partial charge on any atom is 0.0570 e. The molecule has 0 bridgehead atoms. The van der Waals surface area contributed by atoms with Crippen LogP contribution in [0.4, 0.5) is 0 Å². The van der Waals surface area contributed by atoms with Gasteiger partial charge in [-0.1, -0.05) is 18.9 Å². The summed E-state index contributed by atoms with van der Waals surface area (Å²) >= 11 is 0. The Morgan fingerprint density at radius 3 is 2.61 bits per heavy atom. The normalized spacial score (nSPS) is 20.2. The van der Waals surface area contributed by atoms with Gasteiger partial charge >= 0.3 is 0 Å². The molecular formula is C15H25N3. The van der Waals surface area contributed by atoms with E-state index in [4.69, 9.17) is 0 Å². The van der Waals surface area contributed by atoms with Crippen LogP contribution in [-0.2, 0) is 0 Å². The highest BCUT2D eigenvalue weighted by atomic mass is 15.2. The highest BCUT2D eigenvalue weighted by Gasteiger charge is 2.35. The van der Waals surface area contributed by atoms with Gasteiger partial charge in [0.2, 0.25) is 0 Å². The third-order valence-electron chi connectivity index (χ3n) is 4.35. The average molecular weight is 247 g/mol. The molecule has 1 heterocycles. The molecule has 1 fully saturated rings. The molecule has 0 radical (unpaired) electrons. The van der Waals surface area contributed by atoms with Crippen LogP contribution in [0, 0.1) is 0 Å². The van der Waals surface area contributed by atoms with Gasteiger partial charge in [0.25, 0.3) is 0 Å². The quantitative estimate of drug-likeness (QED) is 0.867. The molecule has 1 unspecified atom stereocenters. The second kappa shape index (κ2) is 5.81. The lowest BCUT2D eigenvalue weighted by atomic mass is 9.95. The topological polar surface area (TPSA) is 28.2 Å². The van der Waals surface area contributed by atoms with E-state index in [-0.39, 0.29) is 0 Å². The molecule has 100 valence electrons. The van der Waals surface area contributed by atoms with Crippen molar-refractivity contribution in [3.63, 3.8) is 0 Å². The molecule has 3 nitrogen and oxygen atoms in total. The number of nitrogens with one attached hydrogen (secondary N) is 1. The summed E-state index contributed by atoms with van der Waals surface area (Å²) in [6.07, 6.45) is 7.20. The number of pyridine rings is 1. The van der Waals surface area contributed by atoms with Gasteiger partial charge < -0.3 is 10.2 Å². The van der Waals surface area contributed by atoms with Crippen molar-refractivity contribution in [2.45, 2.75) is 44.2 Å². The van der Waals surface area contributed by atoms with Gasteiger partial charge in [-0.15, -0.1) is 0 Å². The van der Waals surface area contributed by atoms with Gasteiger partial charge in [0.05, 0.1) is 5.69 Å². The third-order valence-corrected chi connectivity index (χ3v) is 4.35. The van der Waals surface area contributed by atoms with Crippen molar-refractivity contribution in [1.82, 2.24) is 15.2 Å². The van der Waals surface area contributed by atoms with E-state index in [2.05, 4.69) is 48.4 Å². The van der Waals surface area contributed by atoms with E-state index in [9.17, 15) is 0 Å². The molecule has 3 heteroatoms. The number of hydrogen-bond donors (Lipinski definition) is 1. The van der Waals surface area contributed by atoms with Crippen molar-refractivity contribution >= 4 is 0 Å². The molecule has 0 amide bonds. The van der Waals surface area contributed by atoms with Gasteiger partial charge in [-0.05, 0) is 46.0 Å². The minimum atomic E-state index is 0.323. The van der Waals surface area contributed by atoms with Crippen molar-refractivity contribution < 1.29 is 0 Å². The summed E-state index contributed by atoms with van der Waals surface area (Å²) in [4.78, 5) is 6.82. The van der Waals surface area contributed by atoms with Crippen molar-refractivity contribution in [3.8, 4) is 0 Å². The Labute approximate surface area is 111 Å². The van der Waals surface area contributed by atoms with E-state index in [1.165, 1.54) is 25.7 Å². The Bertz CT molecular complexity index is 355. The fourth-order valence-corrected chi connectivity index (χ4v) is 2.89. The van der Waals surface area contributed by atoms with Crippen molar-refractivity contribution in [2.24, 2.45) is 0 Å². The molecule has 2 rings (SSSR count). The van der Waals surface area contributed by atoms with E-state index in [0.717, 1.165) is 12.2 Å². The van der Waals surface area contributed by atoms with E-state index in [1.807, 2.05) is 12.3 Å². The van der Waals surface area contributed by atoms with E-state index >= 15 is 0 Å². The maximum atomic E-state index is 4.42. The van der Waals surface area contributed by atoms with Gasteiger partial charge in [0, 0.05) is 24.3 Å². The van der Waals surface area contributed by atoms with Crippen LogP contribution < -0.4 is 5.32 Å². The van der Waals surface area contributed by atoms with Gasteiger partial charge in [0.1, 0.15) is 0 Å². The van der Waals surface area contributed by atoms with Crippen molar-refractivity contribution in [2.75, 3.05) is 20.6 Å². The first-order chi connectivity index (χ1) is 8.64. The summed E-state index contributed by atoms with van der Waals surface area (Å²) in [5, 5.41) is 3.66. The van der Waals surface area contributed by atoms with Gasteiger partial charge in [-0.25, -0.2) is 0 Å². The first-order valence-corrected chi connectivity index (χ1v) is 6.96. The molecular weight excluding hydrogens is 222 g/mol. The van der Waals surface area contributed by atoms with Crippen LogP contribution in [0.3, 0.4) is 0 Å². The maximum absolute atomic E-state index is 4.42. The van der Waals surface area contributed by atoms with Gasteiger partial charge in [-0.2, -0.15) is 0 Å². The minimum absolute atomic E-state index is 0.323. The Morgan fingerprint density at radius 1 is 1.33 bits per heavy atom. The zero-order chi connectivity index (χ0) is 13.0. The molecule has 0 saturated heterocycles. The fraction of sp³-hybridized carbons (Fsp3) is 0.667. The zero-order valence-corrected chi connectivity index (χ0v) is 11.8. The number of rotatable bonds is 5. The van der Waals surface area contributed by atoms with Crippen LogP contribution in [0.25, 0.3) is 0 Å². The Hall–Kier alpha value is -0.930. The number of hydrogen-bond acceptors (Lipinski definition) is 3. The fourth-order valence-electron chi connectivity index (χ4n) is 2.89. The van der Waals surface area contributed by atoms with E-state index in [0.29, 0.717) is 11.6 Å². The number of nitrogens with zero attached hydrogens (tertiary/aromatic N) is 2. The smallest absolute Gasteiger partial charge is 0.0570 e. The molecule has 0 aromatic carbocycles. The third kappa shape index (κ3) is 2.90. The monoisotopic (exact) mass is 247 g/mol. The summed E-state index contributed by atoms with van der Waals surface area (Å²) in [7, 11) is 4.41. The van der Waals surface area contributed by atoms with E-state index < -0.39 is 0 Å². The molecule has 18 heavy (non-hydrogen) atoms. The van der Waals surface area contributed by atoms with Crippen LogP contribution in [-0.4, -0.2) is 36.1 Å². The summed E-state index contributed by atoms with van der Waals surface area (Å²) in [5.41, 5.74) is 1.48. The van der Waals surface area contributed by atoms with Crippen LogP contribution in [0.1, 0.15) is 44.3 Å². The lowest BCUT2D eigenvalue weighted by Gasteiger charge is -2.37. The highest BCUT2D eigenvalue weighted by Crippen LogP contribution is 2.33. The Balaban J connectivity index is 1.94. The molecule has 1 N–H and O–H groups in total. The lowest BCUT2D eigenvalue weighted by Crippen LogP contribution is -2.50. The number of aromatic nitrogens is 1. The molecule has 1 aliphatic carbocycles. The van der Waals surface area contributed by atoms with E-state index in [1.54, 1.807) is 0 Å². The van der Waals surface area contributed by atoms with Crippen LogP contribution in [0.15, 0.2) is 24.4 Å². The van der Waals surface area contributed by atoms with Crippen molar-refractivity contribution in [1.29, 1.82) is 0 Å². The molecule has 1 atom stereocenters. The standard InChI is InChI=1S/C15H25N3/c1-13(14-8-4-7-11-16-14)17-12-15(18(2)3)9-5-6-10-15/h4,7-8,11,13,17H,5-6,9-10,12H2,1-3H3. The first-order valence-electron chi connectivity index (χ1n) is 6.96. The lowest BCUT2D eigenvalue weighted by molar-refractivity contribution is 0.150.